The minimum atomic E-state index is 0.207. The van der Waals surface area contributed by atoms with Gasteiger partial charge in [-0.05, 0) is 18.2 Å². The third kappa shape index (κ3) is 2.84. The highest BCUT2D eigenvalue weighted by Gasteiger charge is 2.18. The van der Waals surface area contributed by atoms with E-state index in [0.29, 0.717) is 21.2 Å². The molecule has 0 radical (unpaired) electrons. The summed E-state index contributed by atoms with van der Waals surface area (Å²) in [5.74, 6) is 0.702. The first kappa shape index (κ1) is 15.6. The fourth-order valence-corrected chi connectivity index (χ4v) is 2.91. The molecule has 25 heavy (non-hydrogen) atoms. The summed E-state index contributed by atoms with van der Waals surface area (Å²) in [6, 6.07) is 6.94. The van der Waals surface area contributed by atoms with Crippen LogP contribution in [-0.4, -0.2) is 25.4 Å². The molecule has 3 N–H and O–H groups in total. The molecule has 0 spiro atoms. The number of hydrogen-bond acceptors (Lipinski definition) is 6. The molecule has 0 saturated carbocycles. The quantitative estimate of drug-likeness (QED) is 0.561. The van der Waals surface area contributed by atoms with E-state index < -0.39 is 0 Å². The first-order valence-corrected chi connectivity index (χ1v) is 7.92. The van der Waals surface area contributed by atoms with Crippen molar-refractivity contribution in [1.82, 2.24) is 25.4 Å². The summed E-state index contributed by atoms with van der Waals surface area (Å²) in [5.41, 5.74) is 8.63. The maximum atomic E-state index is 6.18. The Morgan fingerprint density at radius 1 is 1.00 bits per heavy atom. The number of nitrogen functional groups attached to an aromatic ring is 1. The largest absolute Gasteiger partial charge is 0.416 e. The van der Waals surface area contributed by atoms with Crippen LogP contribution in [0.2, 0.25) is 10.0 Å². The van der Waals surface area contributed by atoms with E-state index in [9.17, 15) is 0 Å². The van der Waals surface area contributed by atoms with Crippen molar-refractivity contribution < 1.29 is 4.42 Å². The number of rotatable bonds is 3. The summed E-state index contributed by atoms with van der Waals surface area (Å²) in [5, 5.41) is 15.6. The molecule has 3 heterocycles. The minimum absolute atomic E-state index is 0.207. The van der Waals surface area contributed by atoms with Gasteiger partial charge in [0.15, 0.2) is 0 Å². The van der Waals surface area contributed by atoms with Crippen molar-refractivity contribution in [2.45, 2.75) is 0 Å². The number of nitrogens with one attached hydrogen (secondary N) is 1. The van der Waals surface area contributed by atoms with Gasteiger partial charge in [-0.25, -0.2) is 4.98 Å². The van der Waals surface area contributed by atoms with E-state index in [2.05, 4.69) is 25.4 Å². The Balaban J connectivity index is 1.79. The predicted octanol–water partition coefficient (Wildman–Crippen LogP) is 4.08. The highest BCUT2D eigenvalue weighted by Crippen LogP contribution is 2.36. The van der Waals surface area contributed by atoms with Gasteiger partial charge in [0.1, 0.15) is 5.82 Å². The van der Waals surface area contributed by atoms with E-state index in [4.69, 9.17) is 33.4 Å². The van der Waals surface area contributed by atoms with Crippen LogP contribution in [0.25, 0.3) is 34.0 Å². The number of benzene rings is 1. The molecule has 9 heteroatoms. The summed E-state index contributed by atoms with van der Waals surface area (Å²) in [4.78, 5) is 4.18. The molecular formula is C16H10Cl2N6O. The van der Waals surface area contributed by atoms with Crippen LogP contribution in [0.15, 0.2) is 47.3 Å². The van der Waals surface area contributed by atoms with Crippen molar-refractivity contribution in [2.75, 3.05) is 5.73 Å². The second-order valence-corrected chi connectivity index (χ2v) is 5.97. The summed E-state index contributed by atoms with van der Waals surface area (Å²) >= 11 is 12.4. The van der Waals surface area contributed by atoms with Crippen LogP contribution in [0, 0.1) is 0 Å². The number of anilines is 1. The van der Waals surface area contributed by atoms with Gasteiger partial charge >= 0.3 is 0 Å². The molecular weight excluding hydrogens is 363 g/mol. The second kappa shape index (κ2) is 6.19. The van der Waals surface area contributed by atoms with E-state index in [0.717, 1.165) is 11.1 Å². The molecule has 0 unspecified atom stereocenters. The van der Waals surface area contributed by atoms with E-state index >= 15 is 0 Å². The first-order valence-electron chi connectivity index (χ1n) is 7.16. The Kier molecular flexibility index (Phi) is 3.87. The van der Waals surface area contributed by atoms with Gasteiger partial charge in [0, 0.05) is 23.5 Å². The molecule has 0 fully saturated rings. The number of hydrogen-bond donors (Lipinski definition) is 2. The zero-order chi connectivity index (χ0) is 17.4. The molecule has 0 atom stereocenters. The van der Waals surface area contributed by atoms with Crippen LogP contribution in [0.5, 0.6) is 0 Å². The molecule has 4 rings (SSSR count). The average Bonchev–Trinajstić information content (AvgIpc) is 3.27. The monoisotopic (exact) mass is 372 g/mol. The number of pyridine rings is 1. The highest BCUT2D eigenvalue weighted by atomic mass is 35.5. The third-order valence-electron chi connectivity index (χ3n) is 3.58. The van der Waals surface area contributed by atoms with Gasteiger partial charge in [0.25, 0.3) is 11.8 Å². The van der Waals surface area contributed by atoms with Gasteiger partial charge in [-0.3, -0.25) is 5.10 Å². The number of nitrogens with two attached hydrogens (primary N) is 1. The molecule has 0 aliphatic rings. The normalized spacial score (nSPS) is 11.0. The lowest BCUT2D eigenvalue weighted by Crippen LogP contribution is -1.95. The summed E-state index contributed by atoms with van der Waals surface area (Å²) in [6.07, 6.45) is 5.07. The molecule has 0 aliphatic carbocycles. The Hall–Kier alpha value is -2.90. The molecule has 0 saturated heterocycles. The van der Waals surface area contributed by atoms with Crippen molar-refractivity contribution >= 4 is 29.0 Å². The second-order valence-electron chi connectivity index (χ2n) is 5.15. The number of nitrogens with zero attached hydrogens (tertiary/aromatic N) is 4. The van der Waals surface area contributed by atoms with Gasteiger partial charge in [-0.15, -0.1) is 10.2 Å². The highest BCUT2D eigenvalue weighted by molar-refractivity contribution is 6.38. The standard InChI is InChI=1S/C16H10Cl2N6O/c17-11-2-1-3-12(18)13(11)16-24-23-15(25-16)10-4-8(5-20-14(10)19)9-6-21-22-7-9/h1-7H,(H2,19,20)(H,21,22). The molecule has 0 bridgehead atoms. The number of H-pyrrole nitrogens is 1. The van der Waals surface area contributed by atoms with Crippen LogP contribution in [0.3, 0.4) is 0 Å². The van der Waals surface area contributed by atoms with Gasteiger partial charge < -0.3 is 10.2 Å². The van der Waals surface area contributed by atoms with Gasteiger partial charge in [0.2, 0.25) is 0 Å². The van der Waals surface area contributed by atoms with E-state index in [1.54, 1.807) is 42.9 Å². The SMILES string of the molecule is Nc1ncc(-c2cn[nH]c2)cc1-c1nnc(-c2c(Cl)cccc2Cl)o1. The lowest BCUT2D eigenvalue weighted by molar-refractivity contribution is 0.584. The smallest absolute Gasteiger partial charge is 0.251 e. The fraction of sp³-hybridized carbons (Fsp3) is 0. The number of halogens is 2. The van der Waals surface area contributed by atoms with Crippen LogP contribution in [-0.2, 0) is 0 Å². The maximum absolute atomic E-state index is 6.18. The Labute approximate surface area is 151 Å². The number of aromatic amines is 1. The van der Waals surface area contributed by atoms with E-state index in [1.165, 1.54) is 0 Å². The van der Waals surface area contributed by atoms with Crippen molar-refractivity contribution in [1.29, 1.82) is 0 Å². The molecule has 1 aromatic carbocycles. The molecule has 4 aromatic rings. The molecule has 0 amide bonds. The molecule has 0 aliphatic heterocycles. The Morgan fingerprint density at radius 2 is 1.76 bits per heavy atom. The Morgan fingerprint density at radius 3 is 2.48 bits per heavy atom. The summed E-state index contributed by atoms with van der Waals surface area (Å²) < 4.78 is 5.74. The maximum Gasteiger partial charge on any atom is 0.251 e. The number of aromatic nitrogens is 5. The minimum Gasteiger partial charge on any atom is -0.416 e. The van der Waals surface area contributed by atoms with Crippen molar-refractivity contribution in [3.05, 3.63) is 52.9 Å². The van der Waals surface area contributed by atoms with Crippen LogP contribution < -0.4 is 5.73 Å². The van der Waals surface area contributed by atoms with Crippen LogP contribution in [0.4, 0.5) is 5.82 Å². The average molecular weight is 373 g/mol. The Bertz CT molecular complexity index is 1020. The van der Waals surface area contributed by atoms with Crippen molar-refractivity contribution in [3.63, 3.8) is 0 Å². The molecule has 3 aromatic heterocycles. The molecule has 124 valence electrons. The first-order chi connectivity index (χ1) is 12.1. The topological polar surface area (TPSA) is 107 Å². The third-order valence-corrected chi connectivity index (χ3v) is 4.21. The fourth-order valence-electron chi connectivity index (χ4n) is 2.35. The summed E-state index contributed by atoms with van der Waals surface area (Å²) in [6.45, 7) is 0. The van der Waals surface area contributed by atoms with E-state index in [-0.39, 0.29) is 17.6 Å². The lowest BCUT2D eigenvalue weighted by Gasteiger charge is -2.03. The molecule has 7 nitrogen and oxygen atoms in total. The van der Waals surface area contributed by atoms with Gasteiger partial charge in [-0.2, -0.15) is 5.10 Å². The van der Waals surface area contributed by atoms with Crippen molar-refractivity contribution in [2.24, 2.45) is 0 Å². The van der Waals surface area contributed by atoms with Gasteiger partial charge in [0.05, 0.1) is 27.4 Å². The lowest BCUT2D eigenvalue weighted by atomic mass is 10.1. The van der Waals surface area contributed by atoms with Crippen LogP contribution in [0.1, 0.15) is 0 Å². The summed E-state index contributed by atoms with van der Waals surface area (Å²) in [7, 11) is 0. The zero-order valence-corrected chi connectivity index (χ0v) is 14.1. The van der Waals surface area contributed by atoms with Crippen LogP contribution >= 0.6 is 23.2 Å². The zero-order valence-electron chi connectivity index (χ0n) is 12.6. The van der Waals surface area contributed by atoms with E-state index in [1.807, 2.05) is 0 Å². The van der Waals surface area contributed by atoms with Gasteiger partial charge in [-0.1, -0.05) is 29.3 Å². The predicted molar refractivity (Wildman–Crippen MR) is 95.0 cm³/mol. The van der Waals surface area contributed by atoms with Crippen molar-refractivity contribution in [3.8, 4) is 34.0 Å².